The summed E-state index contributed by atoms with van der Waals surface area (Å²) in [7, 11) is 0. The Morgan fingerprint density at radius 1 is 1.33 bits per heavy atom. The molecule has 0 aliphatic carbocycles. The monoisotopic (exact) mass is 347 g/mol. The van der Waals surface area contributed by atoms with Gasteiger partial charge < -0.3 is 4.90 Å². The number of aromatic nitrogens is 3. The molecule has 0 spiro atoms. The Hall–Kier alpha value is -1.73. The summed E-state index contributed by atoms with van der Waals surface area (Å²) in [5.74, 6) is 0.155. The molecule has 0 aromatic carbocycles. The zero-order chi connectivity index (χ0) is 16.9. The number of amides is 1. The molecule has 1 atom stereocenters. The minimum atomic E-state index is -0.239. The SMILES string of the molecule is CCc1nc(CN2CCCN(C(=O)C(C)n3cccn3)CC2)cs1. The van der Waals surface area contributed by atoms with Crippen LogP contribution in [-0.4, -0.2) is 56.7 Å². The first kappa shape index (κ1) is 17.1. The number of carbonyl (C=O) groups excluding carboxylic acids is 1. The van der Waals surface area contributed by atoms with Gasteiger partial charge in [-0.2, -0.15) is 5.10 Å². The van der Waals surface area contributed by atoms with Crippen LogP contribution in [0.15, 0.2) is 23.8 Å². The molecule has 0 bridgehead atoms. The lowest BCUT2D eigenvalue weighted by Gasteiger charge is -2.24. The van der Waals surface area contributed by atoms with Gasteiger partial charge in [0.05, 0.1) is 10.7 Å². The van der Waals surface area contributed by atoms with E-state index in [1.54, 1.807) is 22.2 Å². The van der Waals surface area contributed by atoms with Gasteiger partial charge in [0.25, 0.3) is 0 Å². The molecule has 0 radical (unpaired) electrons. The van der Waals surface area contributed by atoms with Crippen molar-refractivity contribution in [3.63, 3.8) is 0 Å². The zero-order valence-corrected chi connectivity index (χ0v) is 15.2. The van der Waals surface area contributed by atoms with Crippen LogP contribution in [0.25, 0.3) is 0 Å². The molecule has 1 aliphatic heterocycles. The number of thiazole rings is 1. The van der Waals surface area contributed by atoms with Gasteiger partial charge in [0, 0.05) is 50.5 Å². The normalized spacial score (nSPS) is 17.7. The maximum Gasteiger partial charge on any atom is 0.247 e. The topological polar surface area (TPSA) is 54.3 Å². The minimum absolute atomic E-state index is 0.155. The fourth-order valence-electron chi connectivity index (χ4n) is 3.05. The number of hydrogen-bond donors (Lipinski definition) is 0. The van der Waals surface area contributed by atoms with Crippen molar-refractivity contribution in [1.29, 1.82) is 0 Å². The van der Waals surface area contributed by atoms with Gasteiger partial charge in [0.2, 0.25) is 5.91 Å². The van der Waals surface area contributed by atoms with E-state index in [4.69, 9.17) is 0 Å². The first-order valence-corrected chi connectivity index (χ1v) is 9.49. The lowest BCUT2D eigenvalue weighted by Crippen LogP contribution is -2.39. The molecular formula is C17H25N5OS. The van der Waals surface area contributed by atoms with Crippen LogP contribution in [0.1, 0.15) is 37.0 Å². The third kappa shape index (κ3) is 4.02. The smallest absolute Gasteiger partial charge is 0.247 e. The Balaban J connectivity index is 1.55. The van der Waals surface area contributed by atoms with Crippen LogP contribution in [0.5, 0.6) is 0 Å². The van der Waals surface area contributed by atoms with Gasteiger partial charge in [0.1, 0.15) is 6.04 Å². The van der Waals surface area contributed by atoms with Gasteiger partial charge in [-0.25, -0.2) is 4.98 Å². The molecule has 1 unspecified atom stereocenters. The minimum Gasteiger partial charge on any atom is -0.340 e. The molecule has 1 aliphatic rings. The van der Waals surface area contributed by atoms with Crippen LogP contribution in [-0.2, 0) is 17.8 Å². The van der Waals surface area contributed by atoms with Gasteiger partial charge in [-0.1, -0.05) is 6.92 Å². The van der Waals surface area contributed by atoms with Gasteiger partial charge in [-0.05, 0) is 25.8 Å². The average molecular weight is 347 g/mol. The van der Waals surface area contributed by atoms with Crippen molar-refractivity contribution in [2.75, 3.05) is 26.2 Å². The van der Waals surface area contributed by atoms with Crippen molar-refractivity contribution in [3.05, 3.63) is 34.5 Å². The molecule has 130 valence electrons. The molecular weight excluding hydrogens is 322 g/mol. The third-order valence-electron chi connectivity index (χ3n) is 4.47. The van der Waals surface area contributed by atoms with Crippen LogP contribution in [0.2, 0.25) is 0 Å². The molecule has 2 aromatic heterocycles. The van der Waals surface area contributed by atoms with Gasteiger partial charge in [0.15, 0.2) is 0 Å². The van der Waals surface area contributed by atoms with Crippen molar-refractivity contribution < 1.29 is 4.79 Å². The second kappa shape index (κ2) is 7.90. The molecule has 0 saturated carbocycles. The quantitative estimate of drug-likeness (QED) is 0.832. The summed E-state index contributed by atoms with van der Waals surface area (Å²) in [6.07, 6.45) is 5.56. The Labute approximate surface area is 147 Å². The number of aryl methyl sites for hydroxylation is 1. The van der Waals surface area contributed by atoms with Crippen molar-refractivity contribution in [2.24, 2.45) is 0 Å². The summed E-state index contributed by atoms with van der Waals surface area (Å²) < 4.78 is 1.73. The maximum atomic E-state index is 12.7. The predicted molar refractivity (Wildman–Crippen MR) is 94.9 cm³/mol. The number of rotatable bonds is 5. The van der Waals surface area contributed by atoms with Gasteiger partial charge >= 0.3 is 0 Å². The lowest BCUT2D eigenvalue weighted by molar-refractivity contribution is -0.134. The van der Waals surface area contributed by atoms with Crippen molar-refractivity contribution >= 4 is 17.2 Å². The zero-order valence-electron chi connectivity index (χ0n) is 14.4. The summed E-state index contributed by atoms with van der Waals surface area (Å²) >= 11 is 1.74. The first-order chi connectivity index (χ1) is 11.7. The largest absolute Gasteiger partial charge is 0.340 e. The van der Waals surface area contributed by atoms with Crippen LogP contribution >= 0.6 is 11.3 Å². The van der Waals surface area contributed by atoms with E-state index in [1.165, 1.54) is 5.01 Å². The van der Waals surface area contributed by atoms with E-state index >= 15 is 0 Å². The van der Waals surface area contributed by atoms with Crippen LogP contribution in [0.3, 0.4) is 0 Å². The third-order valence-corrected chi connectivity index (χ3v) is 5.51. The van der Waals surface area contributed by atoms with E-state index in [1.807, 2.05) is 24.1 Å². The molecule has 7 heteroatoms. The number of nitrogens with zero attached hydrogens (tertiary/aromatic N) is 5. The molecule has 3 heterocycles. The first-order valence-electron chi connectivity index (χ1n) is 8.61. The Morgan fingerprint density at radius 3 is 2.92 bits per heavy atom. The van der Waals surface area contributed by atoms with Gasteiger partial charge in [-0.15, -0.1) is 11.3 Å². The summed E-state index contributed by atoms with van der Waals surface area (Å²) in [6, 6.07) is 1.61. The molecule has 0 N–H and O–H groups in total. The maximum absolute atomic E-state index is 12.7. The van der Waals surface area contributed by atoms with E-state index in [-0.39, 0.29) is 11.9 Å². The summed E-state index contributed by atoms with van der Waals surface area (Å²) in [5.41, 5.74) is 1.15. The molecule has 3 rings (SSSR count). The molecule has 1 amide bonds. The predicted octanol–water partition coefficient (Wildman–Crippen LogP) is 2.20. The second-order valence-electron chi connectivity index (χ2n) is 6.20. The Bertz CT molecular complexity index is 654. The van der Waals surface area contributed by atoms with Crippen LogP contribution < -0.4 is 0 Å². The van der Waals surface area contributed by atoms with E-state index < -0.39 is 0 Å². The summed E-state index contributed by atoms with van der Waals surface area (Å²) in [4.78, 5) is 21.7. The lowest BCUT2D eigenvalue weighted by atomic mass is 10.2. The molecule has 2 aromatic rings. The highest BCUT2D eigenvalue weighted by molar-refractivity contribution is 7.09. The number of carbonyl (C=O) groups is 1. The molecule has 1 fully saturated rings. The highest BCUT2D eigenvalue weighted by atomic mass is 32.1. The van der Waals surface area contributed by atoms with Crippen molar-refractivity contribution in [2.45, 2.75) is 39.3 Å². The highest BCUT2D eigenvalue weighted by Gasteiger charge is 2.24. The summed E-state index contributed by atoms with van der Waals surface area (Å²) in [5, 5.41) is 7.55. The average Bonchev–Trinajstić information content (AvgIpc) is 3.23. The fraction of sp³-hybridized carbons (Fsp3) is 0.588. The van der Waals surface area contributed by atoms with E-state index in [9.17, 15) is 4.79 Å². The van der Waals surface area contributed by atoms with Gasteiger partial charge in [-0.3, -0.25) is 14.4 Å². The Morgan fingerprint density at radius 2 is 2.21 bits per heavy atom. The molecule has 1 saturated heterocycles. The highest BCUT2D eigenvalue weighted by Crippen LogP contribution is 2.15. The van der Waals surface area contributed by atoms with Crippen molar-refractivity contribution in [3.8, 4) is 0 Å². The summed E-state index contributed by atoms with van der Waals surface area (Å²) in [6.45, 7) is 8.44. The van der Waals surface area contributed by atoms with E-state index in [2.05, 4.69) is 27.3 Å². The molecule has 6 nitrogen and oxygen atoms in total. The van der Waals surface area contributed by atoms with E-state index in [0.717, 1.165) is 51.3 Å². The van der Waals surface area contributed by atoms with Crippen LogP contribution in [0, 0.1) is 0 Å². The molecule has 24 heavy (non-hydrogen) atoms. The van der Waals surface area contributed by atoms with Crippen LogP contribution in [0.4, 0.5) is 0 Å². The standard InChI is InChI=1S/C17H25N5OS/c1-3-16-19-15(13-24-16)12-20-7-5-8-21(11-10-20)17(23)14(2)22-9-4-6-18-22/h4,6,9,13-14H,3,5,7-8,10-12H2,1-2H3. The van der Waals surface area contributed by atoms with E-state index in [0.29, 0.717) is 0 Å². The van der Waals surface area contributed by atoms with Crippen molar-refractivity contribution in [1.82, 2.24) is 24.6 Å². The second-order valence-corrected chi connectivity index (χ2v) is 7.15. The number of hydrogen-bond acceptors (Lipinski definition) is 5. The Kier molecular flexibility index (Phi) is 5.63. The fourth-order valence-corrected chi connectivity index (χ4v) is 3.79.